The Kier molecular flexibility index (Phi) is 20.4. The van der Waals surface area contributed by atoms with Crippen molar-refractivity contribution >= 4 is 33.5 Å². The second-order valence-electron chi connectivity index (χ2n) is 4.77. The SMILES string of the molecule is CC(=O)OCCOCCOCCSSCCOCCOCCOC(C)=O. The Bertz CT molecular complexity index is 312. The molecule has 0 heterocycles. The molecule has 10 heteroatoms. The van der Waals surface area contributed by atoms with E-state index in [1.54, 1.807) is 21.6 Å². The third kappa shape index (κ3) is 23.5. The van der Waals surface area contributed by atoms with E-state index in [0.717, 1.165) is 11.5 Å². The smallest absolute Gasteiger partial charge is 0.302 e. The van der Waals surface area contributed by atoms with E-state index in [0.29, 0.717) is 52.9 Å². The summed E-state index contributed by atoms with van der Waals surface area (Å²) >= 11 is 0. The first-order valence-electron chi connectivity index (χ1n) is 8.45. The quantitative estimate of drug-likeness (QED) is 0.176. The van der Waals surface area contributed by atoms with Gasteiger partial charge in [0, 0.05) is 25.4 Å². The summed E-state index contributed by atoms with van der Waals surface area (Å²) in [6, 6.07) is 0. The lowest BCUT2D eigenvalue weighted by Crippen LogP contribution is -2.12. The first kappa shape index (κ1) is 25.5. The highest BCUT2D eigenvalue weighted by molar-refractivity contribution is 8.76. The van der Waals surface area contributed by atoms with Crippen molar-refractivity contribution < 1.29 is 38.0 Å². The van der Waals surface area contributed by atoms with Crippen LogP contribution in [-0.2, 0) is 38.0 Å². The minimum atomic E-state index is -0.297. The number of rotatable bonds is 19. The molecular weight excluding hydrogens is 384 g/mol. The van der Waals surface area contributed by atoms with Crippen molar-refractivity contribution in [2.24, 2.45) is 0 Å². The van der Waals surface area contributed by atoms with Gasteiger partial charge in [-0.2, -0.15) is 0 Å². The Morgan fingerprint density at radius 2 is 0.846 bits per heavy atom. The van der Waals surface area contributed by atoms with Crippen molar-refractivity contribution in [2.45, 2.75) is 13.8 Å². The normalized spacial score (nSPS) is 10.7. The van der Waals surface area contributed by atoms with Crippen LogP contribution in [0.25, 0.3) is 0 Å². The molecule has 0 fully saturated rings. The minimum absolute atomic E-state index is 0.282. The maximum absolute atomic E-state index is 10.5. The molecule has 0 aromatic heterocycles. The molecule has 154 valence electrons. The van der Waals surface area contributed by atoms with Crippen molar-refractivity contribution in [3.8, 4) is 0 Å². The largest absolute Gasteiger partial charge is 0.463 e. The average molecular weight is 415 g/mol. The standard InChI is InChI=1S/C16H30O8S2/c1-15(17)23-9-7-19-3-5-21-11-13-25-26-14-12-22-6-4-20-8-10-24-16(2)18/h3-14H2,1-2H3. The van der Waals surface area contributed by atoms with E-state index in [1.807, 2.05) is 0 Å². The van der Waals surface area contributed by atoms with Gasteiger partial charge in [0.15, 0.2) is 0 Å². The molecule has 0 saturated carbocycles. The zero-order valence-corrected chi connectivity index (χ0v) is 17.2. The van der Waals surface area contributed by atoms with Crippen LogP contribution >= 0.6 is 21.6 Å². The van der Waals surface area contributed by atoms with Crippen molar-refractivity contribution in [3.63, 3.8) is 0 Å². The number of hydrogen-bond donors (Lipinski definition) is 0. The molecule has 0 spiro atoms. The molecule has 0 aliphatic carbocycles. The molecule has 0 unspecified atom stereocenters. The summed E-state index contributed by atoms with van der Waals surface area (Å²) < 4.78 is 30.8. The van der Waals surface area contributed by atoms with Crippen LogP contribution in [0.3, 0.4) is 0 Å². The van der Waals surface area contributed by atoms with Gasteiger partial charge in [-0.25, -0.2) is 0 Å². The maximum atomic E-state index is 10.5. The summed E-state index contributed by atoms with van der Waals surface area (Å²) in [6.45, 7) is 7.49. The molecule has 0 saturated heterocycles. The molecule has 0 aromatic rings. The first-order chi connectivity index (χ1) is 12.6. The maximum Gasteiger partial charge on any atom is 0.302 e. The van der Waals surface area contributed by atoms with Gasteiger partial charge in [-0.3, -0.25) is 9.59 Å². The molecule has 0 aliphatic rings. The Balaban J connectivity index is 3.01. The topological polar surface area (TPSA) is 89.5 Å². The van der Waals surface area contributed by atoms with Gasteiger partial charge in [0.2, 0.25) is 0 Å². The molecular formula is C16H30O8S2. The van der Waals surface area contributed by atoms with Gasteiger partial charge in [-0.1, -0.05) is 21.6 Å². The lowest BCUT2D eigenvalue weighted by atomic mass is 10.7. The van der Waals surface area contributed by atoms with Crippen LogP contribution in [-0.4, -0.2) is 89.5 Å². The lowest BCUT2D eigenvalue weighted by Gasteiger charge is -2.07. The van der Waals surface area contributed by atoms with E-state index in [1.165, 1.54) is 13.8 Å². The third-order valence-corrected chi connectivity index (χ3v) is 4.85. The fraction of sp³-hybridized carbons (Fsp3) is 0.875. The van der Waals surface area contributed by atoms with E-state index in [9.17, 15) is 9.59 Å². The summed E-state index contributed by atoms with van der Waals surface area (Å²) in [5, 5.41) is 0. The minimum Gasteiger partial charge on any atom is -0.463 e. The molecule has 0 amide bonds. The predicted octanol–water partition coefficient (Wildman–Crippen LogP) is 1.56. The molecule has 26 heavy (non-hydrogen) atoms. The molecule has 0 atom stereocenters. The first-order valence-corrected chi connectivity index (χ1v) is 10.9. The summed E-state index contributed by atoms with van der Waals surface area (Å²) in [5.74, 6) is 1.21. The van der Waals surface area contributed by atoms with Gasteiger partial charge in [0.25, 0.3) is 0 Å². The van der Waals surface area contributed by atoms with Crippen molar-refractivity contribution in [1.29, 1.82) is 0 Å². The Morgan fingerprint density at radius 1 is 0.538 bits per heavy atom. The van der Waals surface area contributed by atoms with E-state index in [-0.39, 0.29) is 25.2 Å². The summed E-state index contributed by atoms with van der Waals surface area (Å²) in [7, 11) is 3.48. The third-order valence-electron chi connectivity index (χ3n) is 2.52. The Hall–Kier alpha value is -0.520. The number of esters is 2. The van der Waals surface area contributed by atoms with Crippen molar-refractivity contribution in [2.75, 3.05) is 77.6 Å². The Labute approximate surface area is 163 Å². The summed E-state index contributed by atoms with van der Waals surface area (Å²) in [5.41, 5.74) is 0. The molecule has 8 nitrogen and oxygen atoms in total. The molecule has 0 N–H and O–H groups in total. The number of carbonyl (C=O) groups excluding carboxylic acids is 2. The highest BCUT2D eigenvalue weighted by Crippen LogP contribution is 2.20. The van der Waals surface area contributed by atoms with Crippen LogP contribution in [0.4, 0.5) is 0 Å². The van der Waals surface area contributed by atoms with E-state index >= 15 is 0 Å². The van der Waals surface area contributed by atoms with Gasteiger partial charge in [-0.15, -0.1) is 0 Å². The Morgan fingerprint density at radius 3 is 1.19 bits per heavy atom. The summed E-state index contributed by atoms with van der Waals surface area (Å²) in [4.78, 5) is 21.0. The van der Waals surface area contributed by atoms with Gasteiger partial charge >= 0.3 is 11.9 Å². The van der Waals surface area contributed by atoms with Crippen molar-refractivity contribution in [3.05, 3.63) is 0 Å². The zero-order chi connectivity index (χ0) is 19.3. The molecule has 0 radical (unpaired) electrons. The second kappa shape index (κ2) is 20.8. The van der Waals surface area contributed by atoms with Crippen LogP contribution in [0.15, 0.2) is 0 Å². The average Bonchev–Trinajstić information content (AvgIpc) is 2.59. The second-order valence-corrected chi connectivity index (χ2v) is 7.48. The number of hydrogen-bond acceptors (Lipinski definition) is 10. The van der Waals surface area contributed by atoms with Crippen LogP contribution in [0.1, 0.15) is 13.8 Å². The highest BCUT2D eigenvalue weighted by Gasteiger charge is 1.96. The lowest BCUT2D eigenvalue weighted by molar-refractivity contribution is -0.143. The monoisotopic (exact) mass is 414 g/mol. The zero-order valence-electron chi connectivity index (χ0n) is 15.6. The number of ether oxygens (including phenoxy) is 6. The van der Waals surface area contributed by atoms with E-state index < -0.39 is 0 Å². The molecule has 0 rings (SSSR count). The fourth-order valence-electron chi connectivity index (χ4n) is 1.44. The van der Waals surface area contributed by atoms with Crippen LogP contribution in [0.5, 0.6) is 0 Å². The van der Waals surface area contributed by atoms with Crippen molar-refractivity contribution in [1.82, 2.24) is 0 Å². The fourth-order valence-corrected chi connectivity index (χ4v) is 3.16. The molecule has 0 aromatic carbocycles. The number of carbonyl (C=O) groups is 2. The van der Waals surface area contributed by atoms with Gasteiger partial charge in [0.05, 0.1) is 52.9 Å². The van der Waals surface area contributed by atoms with Gasteiger partial charge in [-0.05, 0) is 0 Å². The van der Waals surface area contributed by atoms with E-state index in [2.05, 4.69) is 0 Å². The molecule has 0 bridgehead atoms. The summed E-state index contributed by atoms with van der Waals surface area (Å²) in [6.07, 6.45) is 0. The van der Waals surface area contributed by atoms with Gasteiger partial charge < -0.3 is 28.4 Å². The predicted molar refractivity (Wildman–Crippen MR) is 101 cm³/mol. The van der Waals surface area contributed by atoms with Gasteiger partial charge in [0.1, 0.15) is 13.2 Å². The van der Waals surface area contributed by atoms with E-state index in [4.69, 9.17) is 28.4 Å². The highest BCUT2D eigenvalue weighted by atomic mass is 33.1. The van der Waals surface area contributed by atoms with Crippen LogP contribution < -0.4 is 0 Å². The molecule has 0 aliphatic heterocycles. The van der Waals surface area contributed by atoms with Crippen LogP contribution in [0.2, 0.25) is 0 Å². The van der Waals surface area contributed by atoms with Crippen LogP contribution in [0, 0.1) is 0 Å².